The van der Waals surface area contributed by atoms with Crippen LogP contribution in [0, 0.1) is 0 Å². The van der Waals surface area contributed by atoms with Gasteiger partial charge in [-0.15, -0.1) is 0 Å². The Morgan fingerprint density at radius 2 is 1.88 bits per heavy atom. The lowest BCUT2D eigenvalue weighted by atomic mass is 9.96. The van der Waals surface area contributed by atoms with Crippen LogP contribution in [0.3, 0.4) is 0 Å². The summed E-state index contributed by atoms with van der Waals surface area (Å²) >= 11 is 3.60. The quantitative estimate of drug-likeness (QED) is 0.560. The van der Waals surface area contributed by atoms with Crippen LogP contribution >= 0.6 is 15.9 Å². The fourth-order valence-electron chi connectivity index (χ4n) is 1.87. The highest BCUT2D eigenvalue weighted by atomic mass is 79.9. The molecule has 0 saturated carbocycles. The van der Waals surface area contributed by atoms with Gasteiger partial charge in [-0.05, 0) is 24.0 Å². The summed E-state index contributed by atoms with van der Waals surface area (Å²) in [5.74, 6) is 1.47. The van der Waals surface area contributed by atoms with Crippen LogP contribution in [0.2, 0.25) is 0 Å². The van der Waals surface area contributed by atoms with Crippen molar-refractivity contribution in [2.45, 2.75) is 31.0 Å². The van der Waals surface area contributed by atoms with E-state index in [-0.39, 0.29) is 0 Å². The molecule has 0 aromatic heterocycles. The van der Waals surface area contributed by atoms with Crippen molar-refractivity contribution in [2.24, 2.45) is 0 Å². The Morgan fingerprint density at radius 3 is 2.53 bits per heavy atom. The van der Waals surface area contributed by atoms with E-state index in [1.165, 1.54) is 5.56 Å². The number of hydrogen-bond acceptors (Lipinski definition) is 2. The van der Waals surface area contributed by atoms with Crippen LogP contribution in [0.25, 0.3) is 0 Å². The van der Waals surface area contributed by atoms with E-state index in [1.54, 1.807) is 7.11 Å². The van der Waals surface area contributed by atoms with Crippen molar-refractivity contribution in [3.63, 3.8) is 0 Å². The van der Waals surface area contributed by atoms with Crippen LogP contribution in [0.5, 0.6) is 5.75 Å². The summed E-state index contributed by atoms with van der Waals surface area (Å²) < 4.78 is 10.7. The highest BCUT2D eigenvalue weighted by Gasteiger charge is 2.13. The molecule has 2 unspecified atom stereocenters. The van der Waals surface area contributed by atoms with E-state index in [9.17, 15) is 0 Å². The van der Waals surface area contributed by atoms with Crippen molar-refractivity contribution in [1.82, 2.24) is 0 Å². The minimum Gasteiger partial charge on any atom is -0.491 e. The van der Waals surface area contributed by atoms with Gasteiger partial charge in [0.2, 0.25) is 0 Å². The Balaban J connectivity index is 2.69. The summed E-state index contributed by atoms with van der Waals surface area (Å²) in [5, 5.41) is 0. The molecule has 0 amide bonds. The van der Waals surface area contributed by atoms with Crippen LogP contribution in [-0.4, -0.2) is 25.2 Å². The largest absolute Gasteiger partial charge is 0.491 e. The van der Waals surface area contributed by atoms with Crippen LogP contribution in [0.1, 0.15) is 31.7 Å². The smallest absolute Gasteiger partial charge is 0.122 e. The summed E-state index contributed by atoms with van der Waals surface area (Å²) in [6.45, 7) is 5.63. The average Bonchev–Trinajstić information content (AvgIpc) is 2.29. The third-order valence-electron chi connectivity index (χ3n) is 2.67. The molecular weight excluding hydrogens is 280 g/mol. The van der Waals surface area contributed by atoms with Gasteiger partial charge >= 0.3 is 0 Å². The zero-order valence-corrected chi connectivity index (χ0v) is 12.4. The molecule has 0 heterocycles. The van der Waals surface area contributed by atoms with Gasteiger partial charge in [0.15, 0.2) is 0 Å². The van der Waals surface area contributed by atoms with E-state index in [0.29, 0.717) is 24.0 Å². The van der Waals surface area contributed by atoms with Crippen molar-refractivity contribution in [3.8, 4) is 5.75 Å². The summed E-state index contributed by atoms with van der Waals surface area (Å²) in [6.07, 6.45) is 1.10. The average molecular weight is 301 g/mol. The topological polar surface area (TPSA) is 18.5 Å². The van der Waals surface area contributed by atoms with E-state index >= 15 is 0 Å². The first kappa shape index (κ1) is 14.5. The number of ether oxygens (including phenoxy) is 2. The molecule has 0 bridgehead atoms. The number of halogens is 1. The molecule has 96 valence electrons. The molecule has 2 atom stereocenters. The molecule has 0 fully saturated rings. The zero-order chi connectivity index (χ0) is 12.7. The van der Waals surface area contributed by atoms with Crippen molar-refractivity contribution in [3.05, 3.63) is 29.8 Å². The lowest BCUT2D eigenvalue weighted by Gasteiger charge is -2.17. The van der Waals surface area contributed by atoms with E-state index in [0.717, 1.165) is 12.2 Å². The fourth-order valence-corrected chi connectivity index (χ4v) is 2.43. The highest BCUT2D eigenvalue weighted by molar-refractivity contribution is 9.09. The number of hydrogen-bond donors (Lipinski definition) is 0. The number of alkyl halides is 1. The maximum atomic E-state index is 5.74. The van der Waals surface area contributed by atoms with Gasteiger partial charge < -0.3 is 9.47 Å². The molecule has 1 aromatic carbocycles. The first-order valence-corrected chi connectivity index (χ1v) is 6.91. The maximum Gasteiger partial charge on any atom is 0.122 e. The van der Waals surface area contributed by atoms with Gasteiger partial charge in [0.05, 0.1) is 6.61 Å². The van der Waals surface area contributed by atoms with E-state index < -0.39 is 0 Å². The molecule has 1 aromatic rings. The van der Waals surface area contributed by atoms with Gasteiger partial charge in [0.25, 0.3) is 0 Å². The molecule has 0 N–H and O–H groups in total. The summed E-state index contributed by atoms with van der Waals surface area (Å²) in [4.78, 5) is 0.518. The Labute approximate surface area is 112 Å². The molecule has 0 spiro atoms. The molecule has 0 radical (unpaired) electrons. The second-order valence-corrected chi connectivity index (χ2v) is 5.86. The van der Waals surface area contributed by atoms with Crippen LogP contribution in [0.15, 0.2) is 24.3 Å². The van der Waals surface area contributed by atoms with Gasteiger partial charge in [0, 0.05) is 11.9 Å². The first-order valence-electron chi connectivity index (χ1n) is 6.00. The van der Waals surface area contributed by atoms with Crippen LogP contribution < -0.4 is 4.74 Å². The molecule has 0 aliphatic rings. The van der Waals surface area contributed by atoms with E-state index in [1.807, 2.05) is 12.1 Å². The van der Waals surface area contributed by atoms with Crippen molar-refractivity contribution >= 4 is 15.9 Å². The zero-order valence-electron chi connectivity index (χ0n) is 10.8. The van der Waals surface area contributed by atoms with Gasteiger partial charge in [-0.2, -0.15) is 0 Å². The van der Waals surface area contributed by atoms with Gasteiger partial charge in [-0.25, -0.2) is 0 Å². The number of rotatable bonds is 7. The van der Waals surface area contributed by atoms with E-state index in [4.69, 9.17) is 9.47 Å². The monoisotopic (exact) mass is 300 g/mol. The third kappa shape index (κ3) is 5.09. The second kappa shape index (κ2) is 7.72. The minimum absolute atomic E-state index is 0.489. The maximum absolute atomic E-state index is 5.74. The lowest BCUT2D eigenvalue weighted by molar-refractivity contribution is 0.145. The molecule has 0 aliphatic heterocycles. The predicted molar refractivity (Wildman–Crippen MR) is 75.2 cm³/mol. The fraction of sp³-hybridized carbons (Fsp3) is 0.571. The molecule has 3 heteroatoms. The third-order valence-corrected chi connectivity index (χ3v) is 3.05. The summed E-state index contributed by atoms with van der Waals surface area (Å²) in [6, 6.07) is 8.24. The number of benzene rings is 1. The van der Waals surface area contributed by atoms with Crippen molar-refractivity contribution < 1.29 is 9.47 Å². The lowest BCUT2D eigenvalue weighted by Crippen LogP contribution is -2.08. The van der Waals surface area contributed by atoms with Gasteiger partial charge in [-0.3, -0.25) is 0 Å². The van der Waals surface area contributed by atoms with Gasteiger partial charge in [0.1, 0.15) is 12.4 Å². The Kier molecular flexibility index (Phi) is 6.60. The molecule has 0 aliphatic carbocycles. The molecule has 17 heavy (non-hydrogen) atoms. The Morgan fingerprint density at radius 1 is 1.18 bits per heavy atom. The molecular formula is C14H21BrO2. The number of para-hydroxylation sites is 1. The van der Waals surface area contributed by atoms with Gasteiger partial charge in [-0.1, -0.05) is 48.0 Å². The normalized spacial score (nSPS) is 14.4. The summed E-state index contributed by atoms with van der Waals surface area (Å²) in [7, 11) is 1.68. The predicted octanol–water partition coefficient (Wildman–Crippen LogP) is 3.99. The minimum atomic E-state index is 0.489. The first-order chi connectivity index (χ1) is 8.15. The standard InChI is InChI=1S/C14H21BrO2/c1-11(10-12(2)15)13-6-4-5-7-14(13)17-9-8-16-3/h4-7,11-12H,8-10H2,1-3H3. The van der Waals surface area contributed by atoms with Crippen LogP contribution in [0.4, 0.5) is 0 Å². The molecule has 1 rings (SSSR count). The Hall–Kier alpha value is -0.540. The summed E-state index contributed by atoms with van der Waals surface area (Å²) in [5.41, 5.74) is 1.27. The van der Waals surface area contributed by atoms with Crippen molar-refractivity contribution in [2.75, 3.05) is 20.3 Å². The molecule has 0 saturated heterocycles. The Bertz CT molecular complexity index is 326. The second-order valence-electron chi connectivity index (χ2n) is 4.30. The van der Waals surface area contributed by atoms with E-state index in [2.05, 4.69) is 41.9 Å². The molecule has 2 nitrogen and oxygen atoms in total. The highest BCUT2D eigenvalue weighted by Crippen LogP contribution is 2.30. The number of methoxy groups -OCH3 is 1. The SMILES string of the molecule is COCCOc1ccccc1C(C)CC(C)Br. The van der Waals surface area contributed by atoms with Crippen molar-refractivity contribution in [1.29, 1.82) is 0 Å². The van der Waals surface area contributed by atoms with Crippen LogP contribution in [-0.2, 0) is 4.74 Å².